The minimum absolute atomic E-state index is 0.211. The highest BCUT2D eigenvalue weighted by molar-refractivity contribution is 5.32. The Morgan fingerprint density at radius 2 is 1.92 bits per heavy atom. The van der Waals surface area contributed by atoms with Crippen molar-refractivity contribution in [3.63, 3.8) is 0 Å². The van der Waals surface area contributed by atoms with Gasteiger partial charge in [0, 0.05) is 37.4 Å². The molecule has 2 aromatic rings. The zero-order chi connectivity index (χ0) is 18.5. The number of alkyl halides is 2. The first-order valence-corrected chi connectivity index (χ1v) is 9.36. The fourth-order valence-electron chi connectivity index (χ4n) is 4.41. The summed E-state index contributed by atoms with van der Waals surface area (Å²) in [4.78, 5) is 2.00. The lowest BCUT2D eigenvalue weighted by atomic mass is 9.97. The quantitative estimate of drug-likeness (QED) is 0.807. The smallest absolute Gasteiger partial charge is 0.254 e. The van der Waals surface area contributed by atoms with Gasteiger partial charge in [0.2, 0.25) is 5.95 Å². The molecule has 0 spiro atoms. The van der Waals surface area contributed by atoms with Crippen LogP contribution in [-0.2, 0) is 13.1 Å². The maximum atomic E-state index is 13.6. The minimum Gasteiger partial charge on any atom is -0.361 e. The standard InChI is InChI=1S/C18H25F2N5O/c1-4-25-16(12-5-7-14-15(8-6-12)18(14,19)20)21-22-17(25)24(3)10-13-9-11(2)26-23-13/h9,12,14-15H,4-8,10H2,1-3H3. The third-order valence-electron chi connectivity index (χ3n) is 5.88. The van der Waals surface area contributed by atoms with E-state index in [0.29, 0.717) is 19.4 Å². The molecule has 0 amide bonds. The molecule has 8 heteroatoms. The fourth-order valence-corrected chi connectivity index (χ4v) is 4.41. The Hall–Kier alpha value is -1.99. The first kappa shape index (κ1) is 17.4. The highest BCUT2D eigenvalue weighted by Gasteiger charge is 2.67. The number of rotatable bonds is 5. The zero-order valence-electron chi connectivity index (χ0n) is 15.5. The molecule has 2 saturated carbocycles. The maximum absolute atomic E-state index is 13.6. The maximum Gasteiger partial charge on any atom is 0.254 e. The molecule has 2 aliphatic carbocycles. The van der Waals surface area contributed by atoms with Crippen LogP contribution in [-0.4, -0.2) is 32.9 Å². The van der Waals surface area contributed by atoms with Crippen LogP contribution in [0.3, 0.4) is 0 Å². The Morgan fingerprint density at radius 1 is 1.23 bits per heavy atom. The molecule has 0 bridgehead atoms. The normalized spacial score (nSPS) is 27.0. The van der Waals surface area contributed by atoms with Gasteiger partial charge in [0.15, 0.2) is 0 Å². The lowest BCUT2D eigenvalue weighted by Crippen LogP contribution is -2.22. The van der Waals surface area contributed by atoms with Crippen LogP contribution in [0, 0.1) is 18.8 Å². The number of fused-ring (bicyclic) bond motifs is 1. The van der Waals surface area contributed by atoms with Crippen molar-refractivity contribution in [1.29, 1.82) is 0 Å². The van der Waals surface area contributed by atoms with Crippen molar-refractivity contribution >= 4 is 5.95 Å². The van der Waals surface area contributed by atoms with Crippen molar-refractivity contribution < 1.29 is 13.3 Å². The van der Waals surface area contributed by atoms with E-state index < -0.39 is 17.8 Å². The molecule has 0 N–H and O–H groups in total. The molecule has 4 rings (SSSR count). The van der Waals surface area contributed by atoms with E-state index in [1.54, 1.807) is 0 Å². The van der Waals surface area contributed by atoms with Crippen molar-refractivity contribution in [2.75, 3.05) is 11.9 Å². The Kier molecular flexibility index (Phi) is 4.23. The summed E-state index contributed by atoms with van der Waals surface area (Å²) in [5, 5.41) is 12.9. The number of aryl methyl sites for hydroxylation is 1. The van der Waals surface area contributed by atoms with Gasteiger partial charge in [-0.3, -0.25) is 4.57 Å². The van der Waals surface area contributed by atoms with Gasteiger partial charge in [0.25, 0.3) is 5.92 Å². The molecular weight excluding hydrogens is 340 g/mol. The number of anilines is 1. The van der Waals surface area contributed by atoms with E-state index in [0.717, 1.165) is 42.6 Å². The molecule has 0 saturated heterocycles. The Labute approximate surface area is 151 Å². The summed E-state index contributed by atoms with van der Waals surface area (Å²) >= 11 is 0. The molecule has 2 unspecified atom stereocenters. The summed E-state index contributed by atoms with van der Waals surface area (Å²) in [5.74, 6) is -0.559. The van der Waals surface area contributed by atoms with E-state index in [1.807, 2.05) is 24.9 Å². The van der Waals surface area contributed by atoms with Gasteiger partial charge in [-0.1, -0.05) is 5.16 Å². The van der Waals surface area contributed by atoms with Crippen LogP contribution in [0.4, 0.5) is 14.7 Å². The molecule has 0 aliphatic heterocycles. The van der Waals surface area contributed by atoms with Crippen molar-refractivity contribution in [3.8, 4) is 0 Å². The van der Waals surface area contributed by atoms with Gasteiger partial charge >= 0.3 is 0 Å². The van der Waals surface area contributed by atoms with E-state index in [-0.39, 0.29) is 5.92 Å². The average molecular weight is 365 g/mol. The Bertz CT molecular complexity index is 770. The van der Waals surface area contributed by atoms with Gasteiger partial charge in [-0.15, -0.1) is 10.2 Å². The lowest BCUT2D eigenvalue weighted by molar-refractivity contribution is 0.0771. The Balaban J connectivity index is 1.50. The number of hydrogen-bond donors (Lipinski definition) is 0. The summed E-state index contributed by atoms with van der Waals surface area (Å²) in [6.07, 6.45) is 2.70. The van der Waals surface area contributed by atoms with Gasteiger partial charge in [0.05, 0.1) is 6.54 Å². The predicted molar refractivity (Wildman–Crippen MR) is 92.2 cm³/mol. The largest absolute Gasteiger partial charge is 0.361 e. The van der Waals surface area contributed by atoms with Crippen LogP contribution in [0.25, 0.3) is 0 Å². The topological polar surface area (TPSA) is 60.0 Å². The second kappa shape index (κ2) is 6.32. The van der Waals surface area contributed by atoms with E-state index in [9.17, 15) is 8.78 Å². The molecule has 2 aromatic heterocycles. The van der Waals surface area contributed by atoms with Crippen LogP contribution in [0.15, 0.2) is 10.6 Å². The van der Waals surface area contributed by atoms with E-state index >= 15 is 0 Å². The third kappa shape index (κ3) is 2.89. The highest BCUT2D eigenvalue weighted by atomic mass is 19.3. The predicted octanol–water partition coefficient (Wildman–Crippen LogP) is 3.77. The van der Waals surface area contributed by atoms with Gasteiger partial charge in [0.1, 0.15) is 17.3 Å². The first-order valence-electron chi connectivity index (χ1n) is 9.36. The molecule has 142 valence electrons. The zero-order valence-corrected chi connectivity index (χ0v) is 15.5. The van der Waals surface area contributed by atoms with Crippen LogP contribution in [0.5, 0.6) is 0 Å². The summed E-state index contributed by atoms with van der Waals surface area (Å²) in [6.45, 7) is 5.26. The summed E-state index contributed by atoms with van der Waals surface area (Å²) in [5.41, 5.74) is 0.842. The summed E-state index contributed by atoms with van der Waals surface area (Å²) < 4.78 is 34.5. The molecule has 26 heavy (non-hydrogen) atoms. The van der Waals surface area contributed by atoms with Gasteiger partial charge in [-0.2, -0.15) is 0 Å². The second-order valence-corrected chi connectivity index (χ2v) is 7.63. The number of nitrogens with zero attached hydrogens (tertiary/aromatic N) is 5. The van der Waals surface area contributed by atoms with Crippen molar-refractivity contribution in [1.82, 2.24) is 19.9 Å². The van der Waals surface area contributed by atoms with E-state index in [1.165, 1.54) is 0 Å². The number of aromatic nitrogens is 4. The van der Waals surface area contributed by atoms with E-state index in [2.05, 4.69) is 26.8 Å². The highest BCUT2D eigenvalue weighted by Crippen LogP contribution is 2.62. The Morgan fingerprint density at radius 3 is 2.50 bits per heavy atom. The number of hydrogen-bond acceptors (Lipinski definition) is 5. The first-order chi connectivity index (χ1) is 12.4. The van der Waals surface area contributed by atoms with Crippen molar-refractivity contribution in [2.24, 2.45) is 11.8 Å². The minimum atomic E-state index is -2.43. The molecule has 6 nitrogen and oxygen atoms in total. The van der Waals surface area contributed by atoms with Crippen LogP contribution < -0.4 is 4.90 Å². The molecule has 2 fully saturated rings. The summed E-state index contributed by atoms with van der Waals surface area (Å²) in [7, 11) is 1.95. The summed E-state index contributed by atoms with van der Waals surface area (Å²) in [6, 6.07) is 1.90. The van der Waals surface area contributed by atoms with Gasteiger partial charge in [-0.05, 0) is 39.5 Å². The monoisotopic (exact) mass is 365 g/mol. The molecule has 2 atom stereocenters. The van der Waals surface area contributed by atoms with Crippen molar-refractivity contribution in [3.05, 3.63) is 23.3 Å². The second-order valence-electron chi connectivity index (χ2n) is 7.63. The van der Waals surface area contributed by atoms with Gasteiger partial charge < -0.3 is 9.42 Å². The van der Waals surface area contributed by atoms with Crippen molar-refractivity contribution in [2.45, 2.75) is 64.5 Å². The van der Waals surface area contributed by atoms with Crippen LogP contribution in [0.1, 0.15) is 55.8 Å². The lowest BCUT2D eigenvalue weighted by Gasteiger charge is -2.20. The molecule has 0 radical (unpaired) electrons. The molecular formula is C18H25F2N5O. The van der Waals surface area contributed by atoms with Gasteiger partial charge in [-0.25, -0.2) is 8.78 Å². The molecule has 2 aliphatic rings. The number of halogens is 2. The average Bonchev–Trinajstić information content (AvgIpc) is 2.88. The van der Waals surface area contributed by atoms with Crippen LogP contribution >= 0.6 is 0 Å². The molecule has 0 aromatic carbocycles. The SMILES string of the molecule is CCn1c(C2CCC3C(CC2)C3(F)F)nnc1N(C)Cc1cc(C)on1. The van der Waals surface area contributed by atoms with E-state index in [4.69, 9.17) is 4.52 Å². The van der Waals surface area contributed by atoms with Crippen LogP contribution in [0.2, 0.25) is 0 Å². The third-order valence-corrected chi connectivity index (χ3v) is 5.88. The molecule has 2 heterocycles. The fraction of sp³-hybridized carbons (Fsp3) is 0.722.